The molecule has 1 unspecified atom stereocenters. The Hall–Kier alpha value is -1.40. The molecular weight excluding hydrogens is 314 g/mol. The summed E-state index contributed by atoms with van der Waals surface area (Å²) in [6, 6.07) is 1.45. The molecule has 1 saturated heterocycles. The van der Waals surface area contributed by atoms with Crippen LogP contribution in [0, 0.1) is 11.6 Å². The summed E-state index contributed by atoms with van der Waals surface area (Å²) in [5.41, 5.74) is -0.275. The fourth-order valence-corrected chi connectivity index (χ4v) is 2.59. The van der Waals surface area contributed by atoms with Gasteiger partial charge in [0.2, 0.25) is 0 Å². The number of benzene rings is 1. The van der Waals surface area contributed by atoms with Crippen molar-refractivity contribution in [2.75, 3.05) is 19.6 Å². The van der Waals surface area contributed by atoms with Gasteiger partial charge in [-0.15, -0.1) is 0 Å². The quantitative estimate of drug-likeness (QED) is 0.800. The van der Waals surface area contributed by atoms with Crippen molar-refractivity contribution >= 4 is 17.7 Å². The molecule has 0 radical (unpaired) electrons. The SMILES string of the molecule is CC(C)(C)OC(=O)N1CCNCC1c1cc(F)c(F)cc1Cl. The average Bonchev–Trinajstić information content (AvgIpc) is 2.41. The third-order valence-corrected chi connectivity index (χ3v) is 3.60. The number of hydrogen-bond acceptors (Lipinski definition) is 3. The first-order valence-corrected chi connectivity index (χ1v) is 7.41. The molecular formula is C15H19ClF2N2O2. The Labute approximate surface area is 133 Å². The van der Waals surface area contributed by atoms with E-state index in [1.807, 2.05) is 0 Å². The van der Waals surface area contributed by atoms with Crippen LogP contribution in [0.3, 0.4) is 0 Å². The molecule has 1 aliphatic rings. The first-order chi connectivity index (χ1) is 10.2. The topological polar surface area (TPSA) is 41.6 Å². The van der Waals surface area contributed by atoms with E-state index in [9.17, 15) is 13.6 Å². The minimum Gasteiger partial charge on any atom is -0.444 e. The Kier molecular flexibility index (Phi) is 4.92. The van der Waals surface area contributed by atoms with Crippen LogP contribution in [0.4, 0.5) is 13.6 Å². The molecule has 122 valence electrons. The van der Waals surface area contributed by atoms with Gasteiger partial charge in [0, 0.05) is 24.7 Å². The summed E-state index contributed by atoms with van der Waals surface area (Å²) in [5.74, 6) is -2.00. The predicted molar refractivity (Wildman–Crippen MR) is 79.9 cm³/mol. The minimum absolute atomic E-state index is 0.0844. The maximum absolute atomic E-state index is 13.5. The molecule has 0 aliphatic carbocycles. The molecule has 1 heterocycles. The van der Waals surface area contributed by atoms with Gasteiger partial charge in [0.25, 0.3) is 0 Å². The fraction of sp³-hybridized carbons (Fsp3) is 0.533. The van der Waals surface area contributed by atoms with Crippen molar-refractivity contribution in [1.82, 2.24) is 10.2 Å². The molecule has 1 amide bonds. The highest BCUT2D eigenvalue weighted by molar-refractivity contribution is 6.31. The van der Waals surface area contributed by atoms with E-state index in [4.69, 9.17) is 16.3 Å². The van der Waals surface area contributed by atoms with Gasteiger partial charge in [-0.3, -0.25) is 4.90 Å². The highest BCUT2D eigenvalue weighted by Gasteiger charge is 2.33. The van der Waals surface area contributed by atoms with Crippen LogP contribution in [0.2, 0.25) is 5.02 Å². The van der Waals surface area contributed by atoms with Crippen molar-refractivity contribution in [3.05, 3.63) is 34.4 Å². The number of carbonyl (C=O) groups excluding carboxylic acids is 1. The molecule has 0 aromatic heterocycles. The Morgan fingerprint density at radius 3 is 2.64 bits per heavy atom. The van der Waals surface area contributed by atoms with E-state index in [0.29, 0.717) is 25.2 Å². The molecule has 1 aromatic carbocycles. The summed E-state index contributed by atoms with van der Waals surface area (Å²) in [7, 11) is 0. The fourth-order valence-electron chi connectivity index (χ4n) is 2.31. The number of rotatable bonds is 1. The number of piperazine rings is 1. The lowest BCUT2D eigenvalue weighted by molar-refractivity contribution is 0.0117. The first-order valence-electron chi connectivity index (χ1n) is 7.04. The molecule has 1 fully saturated rings. The van der Waals surface area contributed by atoms with Crippen LogP contribution < -0.4 is 5.32 Å². The standard InChI is InChI=1S/C15H19ClF2N2O2/c1-15(2,3)22-14(21)20-5-4-19-8-13(20)9-6-11(17)12(18)7-10(9)16/h6-7,13,19H,4-5,8H2,1-3H3. The summed E-state index contributed by atoms with van der Waals surface area (Å²) in [6.45, 7) is 6.70. The molecule has 1 N–H and O–H groups in total. The van der Waals surface area contributed by atoms with Gasteiger partial charge >= 0.3 is 6.09 Å². The largest absolute Gasteiger partial charge is 0.444 e. The van der Waals surface area contributed by atoms with Gasteiger partial charge < -0.3 is 10.1 Å². The average molecular weight is 333 g/mol. The van der Waals surface area contributed by atoms with Crippen LogP contribution in [0.15, 0.2) is 12.1 Å². The lowest BCUT2D eigenvalue weighted by atomic mass is 10.0. The number of amides is 1. The molecule has 7 heteroatoms. The second-order valence-electron chi connectivity index (χ2n) is 6.18. The Bertz CT molecular complexity index is 575. The summed E-state index contributed by atoms with van der Waals surface area (Å²) < 4.78 is 32.1. The molecule has 0 bridgehead atoms. The van der Waals surface area contributed by atoms with Gasteiger partial charge in [-0.2, -0.15) is 0 Å². The van der Waals surface area contributed by atoms with E-state index in [1.54, 1.807) is 20.8 Å². The van der Waals surface area contributed by atoms with Crippen molar-refractivity contribution < 1.29 is 18.3 Å². The maximum Gasteiger partial charge on any atom is 0.410 e. The summed E-state index contributed by atoms with van der Waals surface area (Å²) in [4.78, 5) is 13.8. The Morgan fingerprint density at radius 1 is 1.36 bits per heavy atom. The molecule has 4 nitrogen and oxygen atoms in total. The van der Waals surface area contributed by atoms with Gasteiger partial charge in [0.15, 0.2) is 11.6 Å². The van der Waals surface area contributed by atoms with Crippen LogP contribution in [-0.4, -0.2) is 36.2 Å². The lowest BCUT2D eigenvalue weighted by Gasteiger charge is -2.37. The molecule has 1 aromatic rings. The highest BCUT2D eigenvalue weighted by Crippen LogP contribution is 2.31. The number of nitrogens with zero attached hydrogens (tertiary/aromatic N) is 1. The van der Waals surface area contributed by atoms with Crippen molar-refractivity contribution in [1.29, 1.82) is 0 Å². The van der Waals surface area contributed by atoms with Crippen LogP contribution in [0.5, 0.6) is 0 Å². The monoisotopic (exact) mass is 332 g/mol. The van der Waals surface area contributed by atoms with E-state index in [0.717, 1.165) is 12.1 Å². The second-order valence-corrected chi connectivity index (χ2v) is 6.59. The molecule has 22 heavy (non-hydrogen) atoms. The van der Waals surface area contributed by atoms with Crippen molar-refractivity contribution in [2.24, 2.45) is 0 Å². The smallest absolute Gasteiger partial charge is 0.410 e. The predicted octanol–water partition coefficient (Wildman–Crippen LogP) is 3.50. The van der Waals surface area contributed by atoms with Crippen molar-refractivity contribution in [3.63, 3.8) is 0 Å². The summed E-state index contributed by atoms with van der Waals surface area (Å²) >= 11 is 6.02. The van der Waals surface area contributed by atoms with Crippen LogP contribution in [-0.2, 0) is 4.74 Å². The Balaban J connectivity index is 2.31. The van der Waals surface area contributed by atoms with Gasteiger partial charge in [-0.1, -0.05) is 11.6 Å². The number of hydrogen-bond donors (Lipinski definition) is 1. The van der Waals surface area contributed by atoms with E-state index < -0.39 is 29.4 Å². The third-order valence-electron chi connectivity index (χ3n) is 3.27. The number of ether oxygens (including phenoxy) is 1. The summed E-state index contributed by atoms with van der Waals surface area (Å²) in [6.07, 6.45) is -0.500. The number of halogens is 3. The zero-order valence-electron chi connectivity index (χ0n) is 12.8. The number of carbonyl (C=O) groups is 1. The normalized spacial score (nSPS) is 19.2. The number of nitrogens with one attached hydrogen (secondary N) is 1. The van der Waals surface area contributed by atoms with Crippen LogP contribution >= 0.6 is 11.6 Å². The highest BCUT2D eigenvalue weighted by atomic mass is 35.5. The molecule has 0 spiro atoms. The zero-order chi connectivity index (χ0) is 16.5. The maximum atomic E-state index is 13.5. The second kappa shape index (κ2) is 6.38. The van der Waals surface area contributed by atoms with Crippen molar-refractivity contribution in [2.45, 2.75) is 32.4 Å². The van der Waals surface area contributed by atoms with Crippen LogP contribution in [0.25, 0.3) is 0 Å². The third kappa shape index (κ3) is 3.87. The first kappa shape index (κ1) is 17.0. The van der Waals surface area contributed by atoms with E-state index in [2.05, 4.69) is 5.32 Å². The van der Waals surface area contributed by atoms with E-state index >= 15 is 0 Å². The van der Waals surface area contributed by atoms with Gasteiger partial charge in [0.1, 0.15) is 5.60 Å². The van der Waals surface area contributed by atoms with E-state index in [1.165, 1.54) is 4.90 Å². The summed E-state index contributed by atoms with van der Waals surface area (Å²) in [5, 5.41) is 3.20. The molecule has 0 saturated carbocycles. The molecule has 1 atom stereocenters. The van der Waals surface area contributed by atoms with Crippen LogP contribution in [0.1, 0.15) is 32.4 Å². The minimum atomic E-state index is -1.01. The Morgan fingerprint density at radius 2 is 2.00 bits per heavy atom. The van der Waals surface area contributed by atoms with Gasteiger partial charge in [-0.05, 0) is 38.5 Å². The van der Waals surface area contributed by atoms with Gasteiger partial charge in [0.05, 0.1) is 6.04 Å². The molecule has 2 rings (SSSR count). The lowest BCUT2D eigenvalue weighted by Crippen LogP contribution is -2.50. The van der Waals surface area contributed by atoms with E-state index in [-0.39, 0.29) is 5.02 Å². The molecule has 1 aliphatic heterocycles. The van der Waals surface area contributed by atoms with Gasteiger partial charge in [-0.25, -0.2) is 13.6 Å². The zero-order valence-corrected chi connectivity index (χ0v) is 13.5. The van der Waals surface area contributed by atoms with Crippen molar-refractivity contribution in [3.8, 4) is 0 Å².